The number of carbonyl (C=O) groups is 5. The molecule has 1 unspecified atom stereocenters. The van der Waals surface area contributed by atoms with Crippen molar-refractivity contribution in [2.45, 2.75) is 18.4 Å². The maximum Gasteiger partial charge on any atom is 0.413 e. The SMILES string of the molecule is COC(=O)NC(=O)CC1(C(=O)OC)C(=O)N(Cc2ccc(Br)cc2F)C(=O)c2cc(OC)ccc21. The number of amides is 4. The number of methoxy groups -OCH3 is 3. The molecule has 0 aromatic heterocycles. The minimum absolute atomic E-state index is 0.0148. The molecule has 0 saturated heterocycles. The van der Waals surface area contributed by atoms with Gasteiger partial charge in [-0.15, -0.1) is 0 Å². The summed E-state index contributed by atoms with van der Waals surface area (Å²) in [6.45, 7) is -0.537. The lowest BCUT2D eigenvalue weighted by Crippen LogP contribution is -2.59. The highest BCUT2D eigenvalue weighted by Crippen LogP contribution is 2.41. The van der Waals surface area contributed by atoms with Crippen LogP contribution in [-0.2, 0) is 35.8 Å². The summed E-state index contributed by atoms with van der Waals surface area (Å²) in [6, 6.07) is 8.03. The zero-order valence-corrected chi connectivity index (χ0v) is 20.4. The monoisotopic (exact) mass is 550 g/mol. The van der Waals surface area contributed by atoms with E-state index in [1.807, 2.05) is 5.32 Å². The minimum atomic E-state index is -2.35. The van der Waals surface area contributed by atoms with Crippen molar-refractivity contribution in [1.82, 2.24) is 10.2 Å². The molecule has 0 saturated carbocycles. The van der Waals surface area contributed by atoms with Crippen LogP contribution in [0.1, 0.15) is 27.9 Å². The number of halogens is 2. The first kappa shape index (κ1) is 25.8. The Hall–Kier alpha value is -3.80. The van der Waals surface area contributed by atoms with E-state index in [-0.39, 0.29) is 22.4 Å². The molecule has 1 aliphatic heterocycles. The van der Waals surface area contributed by atoms with Crippen LogP contribution < -0.4 is 10.1 Å². The summed E-state index contributed by atoms with van der Waals surface area (Å²) in [7, 11) is 3.39. The third-order valence-electron chi connectivity index (χ3n) is 5.50. The maximum atomic E-state index is 14.6. The van der Waals surface area contributed by atoms with Gasteiger partial charge in [0, 0.05) is 15.6 Å². The average Bonchev–Trinajstić information content (AvgIpc) is 2.84. The Morgan fingerprint density at radius 1 is 1.06 bits per heavy atom. The van der Waals surface area contributed by atoms with E-state index in [9.17, 15) is 28.4 Å². The normalized spacial score (nSPS) is 16.9. The molecule has 10 nitrogen and oxygen atoms in total. The molecule has 4 amide bonds. The fraction of sp³-hybridized carbons (Fsp3) is 0.261. The topological polar surface area (TPSA) is 128 Å². The van der Waals surface area contributed by atoms with Crippen LogP contribution in [0.15, 0.2) is 40.9 Å². The largest absolute Gasteiger partial charge is 0.497 e. The van der Waals surface area contributed by atoms with Gasteiger partial charge in [0.2, 0.25) is 5.91 Å². The lowest BCUT2D eigenvalue weighted by atomic mass is 9.71. The van der Waals surface area contributed by atoms with Gasteiger partial charge in [-0.2, -0.15) is 0 Å². The number of carbonyl (C=O) groups excluding carboxylic acids is 5. The number of imide groups is 2. The van der Waals surface area contributed by atoms with Crippen molar-refractivity contribution >= 4 is 45.7 Å². The van der Waals surface area contributed by atoms with Crippen molar-refractivity contribution in [3.63, 3.8) is 0 Å². The second-order valence-electron chi connectivity index (χ2n) is 7.46. The molecule has 12 heteroatoms. The highest BCUT2D eigenvalue weighted by molar-refractivity contribution is 9.10. The molecule has 1 aliphatic rings. The molecule has 1 atom stereocenters. The molecule has 2 aromatic rings. The Morgan fingerprint density at radius 3 is 2.37 bits per heavy atom. The first-order chi connectivity index (χ1) is 16.6. The van der Waals surface area contributed by atoms with Crippen molar-refractivity contribution < 1.29 is 42.6 Å². The fourth-order valence-electron chi connectivity index (χ4n) is 3.81. The zero-order valence-electron chi connectivity index (χ0n) is 18.8. The molecule has 0 fully saturated rings. The number of alkyl carbamates (subject to hydrolysis) is 1. The van der Waals surface area contributed by atoms with Gasteiger partial charge >= 0.3 is 12.1 Å². The van der Waals surface area contributed by atoms with E-state index in [2.05, 4.69) is 20.7 Å². The number of ether oxygens (including phenoxy) is 3. The van der Waals surface area contributed by atoms with Crippen molar-refractivity contribution in [3.05, 3.63) is 63.4 Å². The Bertz CT molecular complexity index is 1230. The summed E-state index contributed by atoms with van der Waals surface area (Å²) in [4.78, 5) is 65.2. The summed E-state index contributed by atoms with van der Waals surface area (Å²) in [6.07, 6.45) is -2.00. The lowest BCUT2D eigenvalue weighted by molar-refractivity contribution is -0.158. The maximum absolute atomic E-state index is 14.6. The van der Waals surface area contributed by atoms with E-state index >= 15 is 0 Å². The van der Waals surface area contributed by atoms with E-state index in [1.165, 1.54) is 37.4 Å². The van der Waals surface area contributed by atoms with E-state index in [0.29, 0.717) is 9.37 Å². The number of benzene rings is 2. The highest BCUT2D eigenvalue weighted by Gasteiger charge is 2.58. The van der Waals surface area contributed by atoms with E-state index < -0.39 is 54.0 Å². The van der Waals surface area contributed by atoms with Crippen LogP contribution in [0.2, 0.25) is 0 Å². The summed E-state index contributed by atoms with van der Waals surface area (Å²) in [5.74, 6) is -4.61. The quantitative estimate of drug-likeness (QED) is 0.330. The Kier molecular flexibility index (Phi) is 7.54. The molecule has 3 rings (SSSR count). The van der Waals surface area contributed by atoms with Crippen LogP contribution in [0.5, 0.6) is 5.75 Å². The molecule has 1 N–H and O–H groups in total. The van der Waals surface area contributed by atoms with Gasteiger partial charge in [-0.25, -0.2) is 9.18 Å². The number of nitrogens with one attached hydrogen (secondary N) is 1. The van der Waals surface area contributed by atoms with Crippen LogP contribution in [0, 0.1) is 5.82 Å². The van der Waals surface area contributed by atoms with Crippen LogP contribution in [0.3, 0.4) is 0 Å². The number of hydrogen-bond acceptors (Lipinski definition) is 8. The van der Waals surface area contributed by atoms with Crippen LogP contribution >= 0.6 is 15.9 Å². The van der Waals surface area contributed by atoms with Gasteiger partial charge < -0.3 is 14.2 Å². The van der Waals surface area contributed by atoms with Crippen LogP contribution in [0.4, 0.5) is 9.18 Å². The number of nitrogens with zero attached hydrogens (tertiary/aromatic N) is 1. The van der Waals surface area contributed by atoms with Gasteiger partial charge in [-0.05, 0) is 29.8 Å². The number of fused-ring (bicyclic) bond motifs is 1. The van der Waals surface area contributed by atoms with Gasteiger partial charge in [0.05, 0.1) is 34.3 Å². The summed E-state index contributed by atoms with van der Waals surface area (Å²) < 4.78 is 29.5. The van der Waals surface area contributed by atoms with Crippen molar-refractivity contribution in [2.24, 2.45) is 0 Å². The van der Waals surface area contributed by atoms with Crippen molar-refractivity contribution in [1.29, 1.82) is 0 Å². The highest BCUT2D eigenvalue weighted by atomic mass is 79.9. The Balaban J connectivity index is 2.21. The Morgan fingerprint density at radius 2 is 1.77 bits per heavy atom. The molecule has 0 bridgehead atoms. The van der Waals surface area contributed by atoms with Gasteiger partial charge in [-0.3, -0.25) is 29.4 Å². The summed E-state index contributed by atoms with van der Waals surface area (Å²) in [5.41, 5.74) is -2.61. The Labute approximate surface area is 207 Å². The van der Waals surface area contributed by atoms with Gasteiger partial charge in [-0.1, -0.05) is 28.1 Å². The molecule has 0 aliphatic carbocycles. The van der Waals surface area contributed by atoms with Crippen LogP contribution in [-0.4, -0.2) is 56.0 Å². The molecule has 0 radical (unpaired) electrons. The third kappa shape index (κ3) is 4.74. The molecule has 2 aromatic carbocycles. The summed E-state index contributed by atoms with van der Waals surface area (Å²) in [5, 5.41) is 1.89. The van der Waals surface area contributed by atoms with E-state index in [1.54, 1.807) is 0 Å². The molecule has 0 spiro atoms. The second kappa shape index (κ2) is 10.2. The minimum Gasteiger partial charge on any atom is -0.497 e. The third-order valence-corrected chi connectivity index (χ3v) is 6.00. The summed E-state index contributed by atoms with van der Waals surface area (Å²) >= 11 is 3.14. The van der Waals surface area contributed by atoms with E-state index in [0.717, 1.165) is 20.3 Å². The first-order valence-corrected chi connectivity index (χ1v) is 10.8. The standard InChI is InChI=1S/C23H20BrFN2O8/c1-33-14-6-7-16-15(9-14)19(29)27(11-12-4-5-13(24)8-17(12)25)20(30)23(16,21(31)34-2)10-18(28)26-22(32)35-3/h4-9H,10-11H2,1-3H3,(H,26,28,32). The van der Waals surface area contributed by atoms with Crippen molar-refractivity contribution in [3.8, 4) is 5.75 Å². The van der Waals surface area contributed by atoms with E-state index in [4.69, 9.17) is 9.47 Å². The van der Waals surface area contributed by atoms with Gasteiger partial charge in [0.1, 0.15) is 11.6 Å². The molecular weight excluding hydrogens is 531 g/mol. The predicted octanol–water partition coefficient (Wildman–Crippen LogP) is 2.46. The molecule has 35 heavy (non-hydrogen) atoms. The molecule has 184 valence electrons. The van der Waals surface area contributed by atoms with Crippen molar-refractivity contribution in [2.75, 3.05) is 21.3 Å². The average molecular weight is 551 g/mol. The lowest BCUT2D eigenvalue weighted by Gasteiger charge is -2.39. The molecular formula is C23H20BrFN2O8. The second-order valence-corrected chi connectivity index (χ2v) is 8.37. The van der Waals surface area contributed by atoms with Gasteiger partial charge in [0.15, 0.2) is 5.41 Å². The zero-order chi connectivity index (χ0) is 25.9. The fourth-order valence-corrected chi connectivity index (χ4v) is 4.14. The molecule has 1 heterocycles. The predicted molar refractivity (Wildman–Crippen MR) is 121 cm³/mol. The number of hydrogen-bond donors (Lipinski definition) is 1. The van der Waals surface area contributed by atoms with Crippen LogP contribution in [0.25, 0.3) is 0 Å². The number of rotatable bonds is 6. The number of esters is 1. The first-order valence-electron chi connectivity index (χ1n) is 10.0. The smallest absolute Gasteiger partial charge is 0.413 e. The van der Waals surface area contributed by atoms with Gasteiger partial charge in [0.25, 0.3) is 11.8 Å².